The first-order valence-corrected chi connectivity index (χ1v) is 3.69. The maximum atomic E-state index is 12.2. The van der Waals surface area contributed by atoms with E-state index in [-0.39, 0.29) is 0 Å². The zero-order chi connectivity index (χ0) is 11.4. The summed E-state index contributed by atoms with van der Waals surface area (Å²) in [6, 6.07) is 0. The summed E-state index contributed by atoms with van der Waals surface area (Å²) in [6.07, 6.45) is -8.09. The molecule has 0 nitrogen and oxygen atoms in total. The SMILES string of the molecule is C=C=C(F)CCCC(F)(F)C(F)(F)F. The molecule has 0 aromatic heterocycles. The van der Waals surface area contributed by atoms with Gasteiger partial charge in [-0.05, 0) is 6.42 Å². The molecule has 0 aromatic rings. The fraction of sp³-hybridized carbons (Fsp3) is 0.625. The summed E-state index contributed by atoms with van der Waals surface area (Å²) >= 11 is 0. The van der Waals surface area contributed by atoms with Crippen LogP contribution in [0.1, 0.15) is 19.3 Å². The molecule has 0 aromatic carbocycles. The van der Waals surface area contributed by atoms with Gasteiger partial charge in [0.1, 0.15) is 5.83 Å². The van der Waals surface area contributed by atoms with Crippen LogP contribution in [-0.2, 0) is 0 Å². The average molecular weight is 218 g/mol. The van der Waals surface area contributed by atoms with E-state index in [1.165, 1.54) is 0 Å². The maximum absolute atomic E-state index is 12.2. The minimum Gasteiger partial charge on any atom is -0.203 e. The van der Waals surface area contributed by atoms with E-state index in [9.17, 15) is 26.3 Å². The number of alkyl halides is 5. The standard InChI is InChI=1S/C8H8F6/c1-2-6(9)4-3-5-7(10,11)8(12,13)14/h1,3-5H2. The fourth-order valence-corrected chi connectivity index (χ4v) is 0.696. The van der Waals surface area contributed by atoms with Crippen LogP contribution in [0.2, 0.25) is 0 Å². The van der Waals surface area contributed by atoms with Crippen molar-refractivity contribution in [2.75, 3.05) is 0 Å². The molecule has 0 aliphatic carbocycles. The van der Waals surface area contributed by atoms with Crippen molar-refractivity contribution in [1.82, 2.24) is 0 Å². The number of allylic oxidation sites excluding steroid dienone is 1. The highest BCUT2D eigenvalue weighted by atomic mass is 19.4. The Bertz CT molecular complexity index is 233. The van der Waals surface area contributed by atoms with Crippen molar-refractivity contribution in [1.29, 1.82) is 0 Å². The van der Waals surface area contributed by atoms with Gasteiger partial charge in [-0.1, -0.05) is 12.3 Å². The quantitative estimate of drug-likeness (QED) is 0.494. The molecular weight excluding hydrogens is 210 g/mol. The van der Waals surface area contributed by atoms with Gasteiger partial charge in [0, 0.05) is 12.8 Å². The van der Waals surface area contributed by atoms with Crippen molar-refractivity contribution >= 4 is 0 Å². The lowest BCUT2D eigenvalue weighted by atomic mass is 10.1. The Morgan fingerprint density at radius 1 is 1.14 bits per heavy atom. The predicted molar refractivity (Wildman–Crippen MR) is 38.6 cm³/mol. The van der Waals surface area contributed by atoms with E-state index in [1.54, 1.807) is 5.73 Å². The molecule has 0 saturated heterocycles. The van der Waals surface area contributed by atoms with Crippen molar-refractivity contribution < 1.29 is 26.3 Å². The van der Waals surface area contributed by atoms with Crippen LogP contribution in [0.15, 0.2) is 18.1 Å². The van der Waals surface area contributed by atoms with Crippen LogP contribution in [0.5, 0.6) is 0 Å². The molecule has 0 fully saturated rings. The molecule has 14 heavy (non-hydrogen) atoms. The third kappa shape index (κ3) is 3.87. The number of hydrogen-bond donors (Lipinski definition) is 0. The summed E-state index contributed by atoms with van der Waals surface area (Å²) in [7, 11) is 0. The van der Waals surface area contributed by atoms with E-state index < -0.39 is 37.2 Å². The first-order chi connectivity index (χ1) is 6.20. The lowest BCUT2D eigenvalue weighted by Crippen LogP contribution is -2.36. The van der Waals surface area contributed by atoms with Gasteiger partial charge in [0.05, 0.1) is 0 Å². The Morgan fingerprint density at radius 2 is 1.64 bits per heavy atom. The summed E-state index contributed by atoms with van der Waals surface area (Å²) < 4.78 is 71.3. The van der Waals surface area contributed by atoms with Gasteiger partial charge in [-0.25, -0.2) is 4.39 Å². The monoisotopic (exact) mass is 218 g/mol. The molecule has 0 spiro atoms. The van der Waals surface area contributed by atoms with E-state index in [2.05, 4.69) is 6.58 Å². The molecule has 0 aliphatic rings. The van der Waals surface area contributed by atoms with E-state index in [0.29, 0.717) is 0 Å². The minimum absolute atomic E-state index is 0.505. The summed E-state index contributed by atoms with van der Waals surface area (Å²) in [5, 5.41) is 0. The third-order valence-corrected chi connectivity index (χ3v) is 1.49. The topological polar surface area (TPSA) is 0 Å². The van der Waals surface area contributed by atoms with Gasteiger partial charge in [-0.2, -0.15) is 22.0 Å². The van der Waals surface area contributed by atoms with Gasteiger partial charge in [-0.3, -0.25) is 0 Å². The third-order valence-electron chi connectivity index (χ3n) is 1.49. The number of halogens is 6. The van der Waals surface area contributed by atoms with Crippen molar-refractivity contribution in [2.45, 2.75) is 31.4 Å². The predicted octanol–water partition coefficient (Wildman–Crippen LogP) is 3.99. The van der Waals surface area contributed by atoms with Crippen molar-refractivity contribution in [3.63, 3.8) is 0 Å². The Kier molecular flexibility index (Phi) is 4.26. The van der Waals surface area contributed by atoms with Crippen LogP contribution < -0.4 is 0 Å². The minimum atomic E-state index is -5.57. The number of hydrogen-bond acceptors (Lipinski definition) is 0. The van der Waals surface area contributed by atoms with Crippen LogP contribution >= 0.6 is 0 Å². The molecule has 0 atom stereocenters. The van der Waals surface area contributed by atoms with Crippen LogP contribution in [0.3, 0.4) is 0 Å². The van der Waals surface area contributed by atoms with Gasteiger partial charge >= 0.3 is 12.1 Å². The Balaban J connectivity index is 4.08. The number of rotatable bonds is 4. The van der Waals surface area contributed by atoms with Crippen molar-refractivity contribution in [2.24, 2.45) is 0 Å². The second kappa shape index (κ2) is 4.55. The second-order valence-corrected chi connectivity index (χ2v) is 2.64. The zero-order valence-corrected chi connectivity index (χ0v) is 7.10. The molecule has 0 aliphatic heterocycles. The fourth-order valence-electron chi connectivity index (χ4n) is 0.696. The van der Waals surface area contributed by atoms with Crippen LogP contribution in [0.25, 0.3) is 0 Å². The van der Waals surface area contributed by atoms with Crippen LogP contribution in [0, 0.1) is 0 Å². The molecule has 0 amide bonds. The van der Waals surface area contributed by atoms with Gasteiger partial charge in [0.15, 0.2) is 0 Å². The summed E-state index contributed by atoms with van der Waals surface area (Å²) in [5.41, 5.74) is 1.76. The maximum Gasteiger partial charge on any atom is 0.453 e. The highest BCUT2D eigenvalue weighted by Crippen LogP contribution is 2.39. The molecule has 6 heteroatoms. The lowest BCUT2D eigenvalue weighted by Gasteiger charge is -2.18. The van der Waals surface area contributed by atoms with Crippen molar-refractivity contribution in [3.05, 3.63) is 18.1 Å². The first-order valence-electron chi connectivity index (χ1n) is 3.69. The molecule has 0 unspecified atom stereocenters. The van der Waals surface area contributed by atoms with Crippen LogP contribution in [-0.4, -0.2) is 12.1 Å². The van der Waals surface area contributed by atoms with E-state index in [4.69, 9.17) is 0 Å². The Hall–Kier alpha value is -0.900. The Morgan fingerprint density at radius 3 is 2.00 bits per heavy atom. The second-order valence-electron chi connectivity index (χ2n) is 2.64. The molecule has 0 heterocycles. The summed E-state index contributed by atoms with van der Waals surface area (Å²) in [6.45, 7) is 2.88. The molecule has 0 radical (unpaired) electrons. The van der Waals surface area contributed by atoms with E-state index >= 15 is 0 Å². The van der Waals surface area contributed by atoms with Crippen molar-refractivity contribution in [3.8, 4) is 0 Å². The molecule has 82 valence electrons. The first kappa shape index (κ1) is 13.1. The smallest absolute Gasteiger partial charge is 0.203 e. The van der Waals surface area contributed by atoms with E-state index in [1.807, 2.05) is 0 Å². The van der Waals surface area contributed by atoms with Gasteiger partial charge in [0.2, 0.25) is 0 Å². The molecule has 0 N–H and O–H groups in total. The summed E-state index contributed by atoms with van der Waals surface area (Å²) in [5.74, 6) is -5.67. The van der Waals surface area contributed by atoms with Gasteiger partial charge in [-0.15, -0.1) is 0 Å². The molecule has 0 rings (SSSR count). The molecule has 0 saturated carbocycles. The molecular formula is C8H8F6. The summed E-state index contributed by atoms with van der Waals surface area (Å²) in [4.78, 5) is 0. The largest absolute Gasteiger partial charge is 0.453 e. The highest BCUT2D eigenvalue weighted by Gasteiger charge is 2.56. The van der Waals surface area contributed by atoms with Gasteiger partial charge in [0.25, 0.3) is 0 Å². The zero-order valence-electron chi connectivity index (χ0n) is 7.10. The molecule has 0 bridgehead atoms. The van der Waals surface area contributed by atoms with Crippen LogP contribution in [0.4, 0.5) is 26.3 Å². The van der Waals surface area contributed by atoms with E-state index in [0.717, 1.165) is 0 Å². The average Bonchev–Trinajstić information content (AvgIpc) is 2.01. The Labute approximate surface area is 76.9 Å². The lowest BCUT2D eigenvalue weighted by molar-refractivity contribution is -0.284. The van der Waals surface area contributed by atoms with Gasteiger partial charge < -0.3 is 0 Å². The highest BCUT2D eigenvalue weighted by molar-refractivity contribution is 4.87. The normalized spacial score (nSPS) is 12.4.